The van der Waals surface area contributed by atoms with E-state index in [9.17, 15) is 8.42 Å². The highest BCUT2D eigenvalue weighted by atomic mass is 32.2. The Hall–Kier alpha value is -0.210. The van der Waals surface area contributed by atoms with Crippen molar-refractivity contribution in [1.29, 1.82) is 0 Å². The standard InChI is InChI=1S/C12H27N3O3S/c1-12(5-9-18-10-6-12)11-14-19(16,17)15(3)8-4-7-13-2/h13-14H,4-11H2,1-3H3. The number of ether oxygens (including phenoxy) is 1. The molecule has 0 aromatic heterocycles. The highest BCUT2D eigenvalue weighted by Gasteiger charge is 2.29. The van der Waals surface area contributed by atoms with E-state index in [0.29, 0.717) is 13.1 Å². The molecule has 1 aliphatic rings. The number of nitrogens with one attached hydrogen (secondary N) is 2. The fraction of sp³-hybridized carbons (Fsp3) is 1.00. The topological polar surface area (TPSA) is 70.7 Å². The van der Waals surface area contributed by atoms with Gasteiger partial charge in [-0.25, -0.2) is 4.72 Å². The van der Waals surface area contributed by atoms with Gasteiger partial charge in [-0.15, -0.1) is 0 Å². The normalized spacial score (nSPS) is 19.8. The first-order valence-corrected chi connectivity index (χ1v) is 8.27. The van der Waals surface area contributed by atoms with Gasteiger partial charge in [0.1, 0.15) is 0 Å². The lowest BCUT2D eigenvalue weighted by molar-refractivity contribution is 0.0263. The summed E-state index contributed by atoms with van der Waals surface area (Å²) in [5.74, 6) is 0. The second-order valence-electron chi connectivity index (χ2n) is 5.53. The zero-order chi connectivity index (χ0) is 14.4. The number of hydrogen-bond donors (Lipinski definition) is 2. The van der Waals surface area contributed by atoms with Gasteiger partial charge < -0.3 is 10.1 Å². The Balaban J connectivity index is 2.40. The molecule has 0 saturated carbocycles. The monoisotopic (exact) mass is 293 g/mol. The van der Waals surface area contributed by atoms with Crippen molar-refractivity contribution in [2.24, 2.45) is 5.41 Å². The highest BCUT2D eigenvalue weighted by molar-refractivity contribution is 7.87. The minimum absolute atomic E-state index is 0.0110. The maximum absolute atomic E-state index is 12.1. The molecule has 1 saturated heterocycles. The average molecular weight is 293 g/mol. The van der Waals surface area contributed by atoms with Crippen LogP contribution in [0.2, 0.25) is 0 Å². The van der Waals surface area contributed by atoms with Crippen molar-refractivity contribution < 1.29 is 13.2 Å². The summed E-state index contributed by atoms with van der Waals surface area (Å²) < 4.78 is 33.6. The highest BCUT2D eigenvalue weighted by Crippen LogP contribution is 2.28. The van der Waals surface area contributed by atoms with E-state index in [1.54, 1.807) is 7.05 Å². The zero-order valence-electron chi connectivity index (χ0n) is 12.2. The van der Waals surface area contributed by atoms with E-state index in [4.69, 9.17) is 4.74 Å². The molecule has 6 nitrogen and oxygen atoms in total. The summed E-state index contributed by atoms with van der Waals surface area (Å²) in [6.45, 7) is 5.37. The Bertz CT molecular complexity index is 353. The third-order valence-electron chi connectivity index (χ3n) is 3.69. The van der Waals surface area contributed by atoms with Crippen molar-refractivity contribution in [2.45, 2.75) is 26.2 Å². The third kappa shape index (κ3) is 5.74. The molecule has 114 valence electrons. The molecule has 1 rings (SSSR count). The lowest BCUT2D eigenvalue weighted by Gasteiger charge is -2.34. The molecule has 0 aromatic rings. The van der Waals surface area contributed by atoms with E-state index < -0.39 is 10.2 Å². The summed E-state index contributed by atoms with van der Waals surface area (Å²) in [5, 5.41) is 3.01. The van der Waals surface area contributed by atoms with Crippen LogP contribution in [-0.4, -0.2) is 59.7 Å². The third-order valence-corrected chi connectivity index (χ3v) is 5.20. The summed E-state index contributed by atoms with van der Waals surface area (Å²) in [7, 11) is 0.112. The van der Waals surface area contributed by atoms with Crippen LogP contribution >= 0.6 is 0 Å². The Morgan fingerprint density at radius 2 is 1.95 bits per heavy atom. The van der Waals surface area contributed by atoms with Crippen molar-refractivity contribution >= 4 is 10.2 Å². The van der Waals surface area contributed by atoms with Gasteiger partial charge in [0.2, 0.25) is 0 Å². The van der Waals surface area contributed by atoms with Crippen LogP contribution < -0.4 is 10.0 Å². The Morgan fingerprint density at radius 1 is 1.32 bits per heavy atom. The summed E-state index contributed by atoms with van der Waals surface area (Å²) in [6.07, 6.45) is 2.61. The summed E-state index contributed by atoms with van der Waals surface area (Å²) in [4.78, 5) is 0. The zero-order valence-corrected chi connectivity index (χ0v) is 13.1. The van der Waals surface area contributed by atoms with E-state index in [2.05, 4.69) is 17.0 Å². The van der Waals surface area contributed by atoms with E-state index in [-0.39, 0.29) is 5.41 Å². The van der Waals surface area contributed by atoms with Crippen LogP contribution in [0.5, 0.6) is 0 Å². The molecule has 0 atom stereocenters. The van der Waals surface area contributed by atoms with Gasteiger partial charge in [-0.1, -0.05) is 6.92 Å². The summed E-state index contributed by atoms with van der Waals surface area (Å²) in [5.41, 5.74) is 0.0110. The molecule has 1 fully saturated rings. The molecular formula is C12H27N3O3S. The van der Waals surface area contributed by atoms with Gasteiger partial charge in [0.05, 0.1) is 0 Å². The van der Waals surface area contributed by atoms with E-state index in [1.807, 2.05) is 7.05 Å². The Kier molecular flexibility index (Phi) is 6.68. The summed E-state index contributed by atoms with van der Waals surface area (Å²) in [6, 6.07) is 0. The van der Waals surface area contributed by atoms with Gasteiger partial charge >= 0.3 is 0 Å². The SMILES string of the molecule is CNCCCN(C)S(=O)(=O)NCC1(C)CCOCC1. The predicted molar refractivity (Wildman–Crippen MR) is 76.3 cm³/mol. The average Bonchev–Trinajstić information content (AvgIpc) is 2.38. The number of rotatable bonds is 8. The molecule has 1 heterocycles. The lowest BCUT2D eigenvalue weighted by Crippen LogP contribution is -2.45. The minimum Gasteiger partial charge on any atom is -0.381 e. The second-order valence-corrected chi connectivity index (χ2v) is 7.39. The van der Waals surface area contributed by atoms with Gasteiger partial charge in [-0.05, 0) is 38.3 Å². The van der Waals surface area contributed by atoms with Crippen molar-refractivity contribution in [3.8, 4) is 0 Å². The van der Waals surface area contributed by atoms with Crippen molar-refractivity contribution in [3.63, 3.8) is 0 Å². The van der Waals surface area contributed by atoms with Crippen molar-refractivity contribution in [3.05, 3.63) is 0 Å². The largest absolute Gasteiger partial charge is 0.381 e. The van der Waals surface area contributed by atoms with Gasteiger partial charge in [-0.2, -0.15) is 12.7 Å². The lowest BCUT2D eigenvalue weighted by atomic mass is 9.83. The fourth-order valence-corrected chi connectivity index (χ4v) is 3.14. The maximum atomic E-state index is 12.1. The van der Waals surface area contributed by atoms with Gasteiger partial charge in [-0.3, -0.25) is 0 Å². The van der Waals surface area contributed by atoms with Crippen LogP contribution in [0.1, 0.15) is 26.2 Å². The van der Waals surface area contributed by atoms with E-state index >= 15 is 0 Å². The molecule has 0 amide bonds. The molecule has 0 unspecified atom stereocenters. The smallest absolute Gasteiger partial charge is 0.279 e. The first kappa shape index (κ1) is 16.8. The van der Waals surface area contributed by atoms with Gasteiger partial charge in [0.15, 0.2) is 0 Å². The minimum atomic E-state index is -3.36. The van der Waals surface area contributed by atoms with Gasteiger partial charge in [0.25, 0.3) is 10.2 Å². The first-order valence-electron chi connectivity index (χ1n) is 6.83. The number of hydrogen-bond acceptors (Lipinski definition) is 4. The molecule has 0 spiro atoms. The predicted octanol–water partition coefficient (Wildman–Crippen LogP) is 0.179. The van der Waals surface area contributed by atoms with Crippen molar-refractivity contribution in [1.82, 2.24) is 14.3 Å². The second kappa shape index (κ2) is 7.54. The quantitative estimate of drug-likeness (QED) is 0.626. The van der Waals surface area contributed by atoms with Crippen LogP contribution in [0, 0.1) is 5.41 Å². The molecule has 0 radical (unpaired) electrons. The van der Waals surface area contributed by atoms with Crippen LogP contribution in [-0.2, 0) is 14.9 Å². The molecule has 0 aromatic carbocycles. The van der Waals surface area contributed by atoms with Crippen LogP contribution in [0.15, 0.2) is 0 Å². The maximum Gasteiger partial charge on any atom is 0.279 e. The van der Waals surface area contributed by atoms with Crippen molar-refractivity contribution in [2.75, 3.05) is 46.9 Å². The van der Waals surface area contributed by atoms with E-state index in [0.717, 1.165) is 39.0 Å². The molecule has 2 N–H and O–H groups in total. The molecule has 19 heavy (non-hydrogen) atoms. The molecule has 1 aliphatic heterocycles. The van der Waals surface area contributed by atoms with Crippen LogP contribution in [0.3, 0.4) is 0 Å². The molecule has 0 bridgehead atoms. The van der Waals surface area contributed by atoms with Gasteiger partial charge in [0, 0.05) is 33.4 Å². The molecule has 0 aliphatic carbocycles. The fourth-order valence-electron chi connectivity index (χ4n) is 2.02. The number of nitrogens with zero attached hydrogens (tertiary/aromatic N) is 1. The molecule has 7 heteroatoms. The van der Waals surface area contributed by atoms with E-state index in [1.165, 1.54) is 4.31 Å². The summed E-state index contributed by atoms with van der Waals surface area (Å²) >= 11 is 0. The molecular weight excluding hydrogens is 266 g/mol. The first-order chi connectivity index (χ1) is 8.90. The Morgan fingerprint density at radius 3 is 2.53 bits per heavy atom. The van der Waals surface area contributed by atoms with Crippen LogP contribution in [0.25, 0.3) is 0 Å². The Labute approximate surface area is 117 Å². The van der Waals surface area contributed by atoms with Crippen LogP contribution in [0.4, 0.5) is 0 Å².